The van der Waals surface area contributed by atoms with Crippen LogP contribution in [0.4, 0.5) is 0 Å². The van der Waals surface area contributed by atoms with Crippen LogP contribution in [0.25, 0.3) is 0 Å². The highest BCUT2D eigenvalue weighted by atomic mass is 15.0. The van der Waals surface area contributed by atoms with Gasteiger partial charge in [-0.05, 0) is 68.6 Å². The highest BCUT2D eigenvalue weighted by Gasteiger charge is 2.58. The molecule has 0 aromatic heterocycles. The van der Waals surface area contributed by atoms with Crippen LogP contribution in [0.15, 0.2) is 0 Å². The van der Waals surface area contributed by atoms with Gasteiger partial charge in [-0.15, -0.1) is 0 Å². The molecule has 0 radical (unpaired) electrons. The smallest absolute Gasteiger partial charge is 0.112 e. The van der Waals surface area contributed by atoms with Crippen LogP contribution < -0.4 is 5.32 Å². The third-order valence-corrected chi connectivity index (χ3v) is 6.41. The van der Waals surface area contributed by atoms with Crippen LogP contribution in [0.5, 0.6) is 0 Å². The maximum absolute atomic E-state index is 9.90. The summed E-state index contributed by atoms with van der Waals surface area (Å²) in [5.74, 6) is 3.25. The molecule has 0 aromatic rings. The highest BCUT2D eigenvalue weighted by molar-refractivity contribution is 5.22. The fourth-order valence-electron chi connectivity index (χ4n) is 5.79. The zero-order valence-electron chi connectivity index (χ0n) is 11.2. The molecule has 0 aliphatic heterocycles. The van der Waals surface area contributed by atoms with Gasteiger partial charge in [-0.3, -0.25) is 5.32 Å². The summed E-state index contributed by atoms with van der Waals surface area (Å²) in [5.41, 5.74) is -0.136. The molecule has 5 rings (SSSR count). The van der Waals surface area contributed by atoms with Crippen molar-refractivity contribution in [3.05, 3.63) is 0 Å². The van der Waals surface area contributed by atoms with Crippen LogP contribution in [0, 0.1) is 35.0 Å². The first-order valence-electron chi connectivity index (χ1n) is 7.99. The Labute approximate surface area is 110 Å². The average Bonchev–Trinajstić information content (AvgIpc) is 2.86. The van der Waals surface area contributed by atoms with E-state index in [4.69, 9.17) is 0 Å². The standard InChI is InChI=1S/C16H24N2/c17-10-16(18-15-3-1-2-4-15)13-6-11-5-12(8-13)9-14(16)7-11/h11-15,18H,1-9H2. The van der Waals surface area contributed by atoms with Crippen molar-refractivity contribution in [3.63, 3.8) is 0 Å². The lowest BCUT2D eigenvalue weighted by Crippen LogP contribution is -2.65. The summed E-state index contributed by atoms with van der Waals surface area (Å²) in [6, 6.07) is 3.42. The Balaban J connectivity index is 1.61. The number of rotatable bonds is 2. The van der Waals surface area contributed by atoms with Gasteiger partial charge >= 0.3 is 0 Å². The van der Waals surface area contributed by atoms with Crippen LogP contribution in [0.2, 0.25) is 0 Å². The lowest BCUT2D eigenvalue weighted by Gasteiger charge is -2.59. The molecule has 1 N–H and O–H groups in total. The molecule has 2 heteroatoms. The predicted octanol–water partition coefficient (Wildman–Crippen LogP) is 3.24. The number of nitrogens with zero attached hydrogens (tertiary/aromatic N) is 1. The average molecular weight is 244 g/mol. The Morgan fingerprint density at radius 1 is 0.889 bits per heavy atom. The second-order valence-corrected chi connectivity index (χ2v) is 7.41. The lowest BCUT2D eigenvalue weighted by atomic mass is 9.49. The van der Waals surface area contributed by atoms with Gasteiger partial charge in [-0.25, -0.2) is 0 Å². The molecule has 5 aliphatic carbocycles. The maximum atomic E-state index is 9.90. The van der Waals surface area contributed by atoms with E-state index in [0.717, 1.165) is 11.8 Å². The Morgan fingerprint density at radius 3 is 1.94 bits per heavy atom. The number of nitriles is 1. The molecule has 2 nitrogen and oxygen atoms in total. The molecule has 0 amide bonds. The molecule has 5 aliphatic rings. The van der Waals surface area contributed by atoms with Gasteiger partial charge in [0.25, 0.3) is 0 Å². The van der Waals surface area contributed by atoms with Crippen molar-refractivity contribution in [3.8, 4) is 6.07 Å². The second kappa shape index (κ2) is 3.97. The minimum absolute atomic E-state index is 0.136. The first-order chi connectivity index (χ1) is 8.80. The van der Waals surface area contributed by atoms with Crippen LogP contribution >= 0.6 is 0 Å². The van der Waals surface area contributed by atoms with Crippen molar-refractivity contribution in [2.45, 2.75) is 69.4 Å². The van der Waals surface area contributed by atoms with Gasteiger partial charge in [0.05, 0.1) is 6.07 Å². The summed E-state index contributed by atoms with van der Waals surface area (Å²) in [6.45, 7) is 0. The van der Waals surface area contributed by atoms with Crippen LogP contribution in [-0.4, -0.2) is 11.6 Å². The predicted molar refractivity (Wildman–Crippen MR) is 70.8 cm³/mol. The monoisotopic (exact) mass is 244 g/mol. The van der Waals surface area contributed by atoms with Crippen molar-refractivity contribution < 1.29 is 0 Å². The quantitative estimate of drug-likeness (QED) is 0.809. The van der Waals surface area contributed by atoms with Gasteiger partial charge in [0.1, 0.15) is 5.54 Å². The first kappa shape index (κ1) is 11.3. The SMILES string of the molecule is N#CC1(NC2CCCC2)C2CC3CC(C2)CC1C3. The van der Waals surface area contributed by atoms with Gasteiger partial charge in [0, 0.05) is 6.04 Å². The van der Waals surface area contributed by atoms with Crippen molar-refractivity contribution in [1.82, 2.24) is 5.32 Å². The minimum Gasteiger partial charge on any atom is -0.296 e. The van der Waals surface area contributed by atoms with E-state index in [0.29, 0.717) is 17.9 Å². The van der Waals surface area contributed by atoms with Gasteiger partial charge in [-0.1, -0.05) is 12.8 Å². The molecular formula is C16H24N2. The van der Waals surface area contributed by atoms with Crippen LogP contribution in [0.3, 0.4) is 0 Å². The normalized spacial score (nSPS) is 50.6. The molecule has 4 bridgehead atoms. The van der Waals surface area contributed by atoms with E-state index in [-0.39, 0.29) is 5.54 Å². The largest absolute Gasteiger partial charge is 0.296 e. The molecule has 0 unspecified atom stereocenters. The van der Waals surface area contributed by atoms with E-state index in [9.17, 15) is 5.26 Å². The molecule has 0 saturated heterocycles. The zero-order chi connectivity index (χ0) is 12.2. The molecule has 5 fully saturated rings. The third-order valence-electron chi connectivity index (χ3n) is 6.41. The van der Waals surface area contributed by atoms with E-state index >= 15 is 0 Å². The lowest BCUT2D eigenvalue weighted by molar-refractivity contribution is -0.0508. The molecule has 98 valence electrons. The summed E-state index contributed by atoms with van der Waals surface area (Å²) in [4.78, 5) is 0. The van der Waals surface area contributed by atoms with Crippen molar-refractivity contribution in [1.29, 1.82) is 5.26 Å². The van der Waals surface area contributed by atoms with Crippen molar-refractivity contribution in [2.24, 2.45) is 23.7 Å². The van der Waals surface area contributed by atoms with Gasteiger partial charge in [-0.2, -0.15) is 5.26 Å². The Bertz CT molecular complexity index is 347. The third kappa shape index (κ3) is 1.50. The number of nitrogens with one attached hydrogen (secondary N) is 1. The van der Waals surface area contributed by atoms with Crippen molar-refractivity contribution >= 4 is 0 Å². The molecular weight excluding hydrogens is 220 g/mol. The molecule has 0 spiro atoms. The Hall–Kier alpha value is -0.550. The number of hydrogen-bond acceptors (Lipinski definition) is 2. The first-order valence-corrected chi connectivity index (χ1v) is 7.99. The summed E-state index contributed by atoms with van der Waals surface area (Å²) < 4.78 is 0. The molecule has 5 saturated carbocycles. The molecule has 0 aromatic carbocycles. The zero-order valence-corrected chi connectivity index (χ0v) is 11.2. The summed E-state index contributed by atoms with van der Waals surface area (Å²) in [5, 5.41) is 13.8. The Morgan fingerprint density at radius 2 is 1.44 bits per heavy atom. The van der Waals surface area contributed by atoms with E-state index in [1.54, 1.807) is 0 Å². The fourth-order valence-corrected chi connectivity index (χ4v) is 5.79. The van der Waals surface area contributed by atoms with Gasteiger partial charge in [0.15, 0.2) is 0 Å². The van der Waals surface area contributed by atoms with Crippen LogP contribution in [-0.2, 0) is 0 Å². The minimum atomic E-state index is -0.136. The van der Waals surface area contributed by atoms with Gasteiger partial charge < -0.3 is 0 Å². The number of hydrogen-bond donors (Lipinski definition) is 1. The van der Waals surface area contributed by atoms with E-state index in [1.165, 1.54) is 57.8 Å². The van der Waals surface area contributed by atoms with E-state index in [1.807, 2.05) is 0 Å². The van der Waals surface area contributed by atoms with Crippen LogP contribution in [0.1, 0.15) is 57.8 Å². The topological polar surface area (TPSA) is 35.8 Å². The summed E-state index contributed by atoms with van der Waals surface area (Å²) >= 11 is 0. The Kier molecular flexibility index (Phi) is 2.49. The van der Waals surface area contributed by atoms with E-state index in [2.05, 4.69) is 11.4 Å². The van der Waals surface area contributed by atoms with E-state index < -0.39 is 0 Å². The van der Waals surface area contributed by atoms with Crippen molar-refractivity contribution in [2.75, 3.05) is 0 Å². The molecule has 0 heterocycles. The second-order valence-electron chi connectivity index (χ2n) is 7.41. The maximum Gasteiger partial charge on any atom is 0.112 e. The highest BCUT2D eigenvalue weighted by Crippen LogP contribution is 2.58. The van der Waals surface area contributed by atoms with Gasteiger partial charge in [0.2, 0.25) is 0 Å². The fraction of sp³-hybridized carbons (Fsp3) is 0.938. The molecule has 0 atom stereocenters. The molecule has 18 heavy (non-hydrogen) atoms. The summed E-state index contributed by atoms with van der Waals surface area (Å²) in [6.07, 6.45) is 12.1. The summed E-state index contributed by atoms with van der Waals surface area (Å²) in [7, 11) is 0.